The summed E-state index contributed by atoms with van der Waals surface area (Å²) in [5.41, 5.74) is 1.35. The molecule has 2 aromatic carbocycles. The third-order valence-corrected chi connectivity index (χ3v) is 9.62. The molecule has 4 rings (SSSR count). The molecule has 0 unspecified atom stereocenters. The monoisotopic (exact) mass is 518 g/mol. The lowest BCUT2D eigenvalue weighted by atomic mass is 10.2. The third-order valence-electron chi connectivity index (χ3n) is 5.89. The molecule has 34 heavy (non-hydrogen) atoms. The van der Waals surface area contributed by atoms with Crippen LogP contribution >= 0.6 is 23.1 Å². The number of thioether (sulfide) groups is 1. The highest BCUT2D eigenvalue weighted by Gasteiger charge is 2.27. The van der Waals surface area contributed by atoms with Gasteiger partial charge >= 0.3 is 0 Å². The van der Waals surface area contributed by atoms with Crippen molar-refractivity contribution in [1.82, 2.24) is 14.2 Å². The average molecular weight is 519 g/mol. The fourth-order valence-electron chi connectivity index (χ4n) is 3.96. The fraction of sp³-hybridized carbons (Fsp3) is 0.417. The maximum absolute atomic E-state index is 13.6. The van der Waals surface area contributed by atoms with Crippen LogP contribution in [0.4, 0.5) is 5.13 Å². The number of carbonyl (C=O) groups is 1. The number of hydrogen-bond acceptors (Lipinski definition) is 7. The number of amides is 1. The smallest absolute Gasteiger partial charge is 0.260 e. The van der Waals surface area contributed by atoms with Gasteiger partial charge in [-0.05, 0) is 69.6 Å². The molecule has 1 aliphatic heterocycles. The summed E-state index contributed by atoms with van der Waals surface area (Å²) in [4.78, 5) is 23.4. The number of carbonyl (C=O) groups excluding carboxylic acids is 1. The van der Waals surface area contributed by atoms with E-state index in [0.717, 1.165) is 34.4 Å². The molecule has 1 aliphatic rings. The molecule has 0 spiro atoms. The molecule has 0 N–H and O–H groups in total. The fourth-order valence-corrected chi connectivity index (χ4v) is 7.12. The van der Waals surface area contributed by atoms with Crippen molar-refractivity contribution in [3.63, 3.8) is 0 Å². The van der Waals surface area contributed by atoms with Gasteiger partial charge in [0, 0.05) is 36.6 Å². The molecule has 3 aromatic rings. The Morgan fingerprint density at radius 3 is 2.41 bits per heavy atom. The molecule has 2 heterocycles. The van der Waals surface area contributed by atoms with Crippen molar-refractivity contribution in [2.45, 2.75) is 29.1 Å². The van der Waals surface area contributed by atoms with Crippen molar-refractivity contribution in [2.75, 3.05) is 51.4 Å². The van der Waals surface area contributed by atoms with Gasteiger partial charge < -0.3 is 4.90 Å². The van der Waals surface area contributed by atoms with Gasteiger partial charge in [0.25, 0.3) is 5.91 Å². The summed E-state index contributed by atoms with van der Waals surface area (Å²) in [6.07, 6.45) is 4.85. The minimum absolute atomic E-state index is 0.187. The van der Waals surface area contributed by atoms with Crippen LogP contribution in [0.1, 0.15) is 29.6 Å². The quantitative estimate of drug-likeness (QED) is 0.412. The summed E-state index contributed by atoms with van der Waals surface area (Å²) in [7, 11) is 0.396. The van der Waals surface area contributed by atoms with Crippen LogP contribution in [0.15, 0.2) is 52.3 Å². The van der Waals surface area contributed by atoms with Crippen molar-refractivity contribution in [3.8, 4) is 0 Å². The normalized spacial score (nSPS) is 15.2. The molecule has 182 valence electrons. The van der Waals surface area contributed by atoms with E-state index in [2.05, 4.69) is 0 Å². The number of hydrogen-bond donors (Lipinski definition) is 0. The molecule has 7 nitrogen and oxygen atoms in total. The summed E-state index contributed by atoms with van der Waals surface area (Å²) in [5.74, 6) is -0.187. The first kappa shape index (κ1) is 25.1. The van der Waals surface area contributed by atoms with E-state index in [-0.39, 0.29) is 10.8 Å². The Kier molecular flexibility index (Phi) is 7.94. The van der Waals surface area contributed by atoms with Gasteiger partial charge in [0.15, 0.2) is 5.13 Å². The topological polar surface area (TPSA) is 73.8 Å². The third kappa shape index (κ3) is 5.31. The lowest BCUT2D eigenvalue weighted by Crippen LogP contribution is -2.37. The summed E-state index contributed by atoms with van der Waals surface area (Å²) in [5, 5.41) is 0.647. The van der Waals surface area contributed by atoms with Crippen molar-refractivity contribution in [3.05, 3.63) is 48.0 Å². The maximum atomic E-state index is 13.6. The molecule has 0 saturated carbocycles. The second kappa shape index (κ2) is 10.7. The van der Waals surface area contributed by atoms with E-state index in [1.54, 1.807) is 45.2 Å². The summed E-state index contributed by atoms with van der Waals surface area (Å²) >= 11 is 3.13. The van der Waals surface area contributed by atoms with Gasteiger partial charge in [0.2, 0.25) is 10.0 Å². The predicted octanol–water partition coefficient (Wildman–Crippen LogP) is 4.40. The minimum atomic E-state index is -3.53. The molecule has 0 radical (unpaired) electrons. The van der Waals surface area contributed by atoms with E-state index in [0.29, 0.717) is 36.9 Å². The number of benzene rings is 2. The molecule has 0 atom stereocenters. The molecule has 0 aliphatic carbocycles. The highest BCUT2D eigenvalue weighted by atomic mass is 32.2. The van der Waals surface area contributed by atoms with Crippen LogP contribution < -0.4 is 4.90 Å². The van der Waals surface area contributed by atoms with Crippen LogP contribution in [-0.2, 0) is 10.0 Å². The Bertz CT molecular complexity index is 1250. The molecule has 0 bridgehead atoms. The number of fused-ring (bicyclic) bond motifs is 1. The number of thiazole rings is 1. The Labute approximate surface area is 209 Å². The standard InChI is InChI=1S/C24H30N4O3S3/c1-26(2)16-17-28(24-25-22-20(32-3)8-7-9-21(22)33-24)23(29)18-10-12-19(13-11-18)34(30,31)27-14-5-4-6-15-27/h7-13H,4-6,14-17H2,1-3H3. The largest absolute Gasteiger partial charge is 0.308 e. The van der Waals surface area contributed by atoms with Crippen LogP contribution in [-0.4, -0.2) is 75.0 Å². The molecule has 1 aromatic heterocycles. The Morgan fingerprint density at radius 1 is 1.06 bits per heavy atom. The van der Waals surface area contributed by atoms with Gasteiger partial charge in [-0.2, -0.15) is 4.31 Å². The van der Waals surface area contributed by atoms with Gasteiger partial charge in [-0.1, -0.05) is 23.8 Å². The van der Waals surface area contributed by atoms with Crippen LogP contribution in [0.25, 0.3) is 10.2 Å². The van der Waals surface area contributed by atoms with Crippen LogP contribution in [0.3, 0.4) is 0 Å². The van der Waals surface area contributed by atoms with E-state index in [4.69, 9.17) is 4.98 Å². The number of nitrogens with zero attached hydrogens (tertiary/aromatic N) is 4. The van der Waals surface area contributed by atoms with Crippen molar-refractivity contribution < 1.29 is 13.2 Å². The maximum Gasteiger partial charge on any atom is 0.260 e. The first-order valence-electron chi connectivity index (χ1n) is 11.3. The number of piperidine rings is 1. The SMILES string of the molecule is CSc1cccc2sc(N(CCN(C)C)C(=O)c3ccc(S(=O)(=O)N4CCCCC4)cc3)nc12. The van der Waals surface area contributed by atoms with Gasteiger partial charge in [0.1, 0.15) is 0 Å². The zero-order valence-electron chi connectivity index (χ0n) is 19.7. The van der Waals surface area contributed by atoms with E-state index < -0.39 is 10.0 Å². The number of anilines is 1. The molecular weight excluding hydrogens is 488 g/mol. The first-order valence-corrected chi connectivity index (χ1v) is 14.8. The average Bonchev–Trinajstić information content (AvgIpc) is 3.28. The Morgan fingerprint density at radius 2 is 1.76 bits per heavy atom. The van der Waals surface area contributed by atoms with Crippen molar-refractivity contribution in [2.24, 2.45) is 0 Å². The lowest BCUT2D eigenvalue weighted by molar-refractivity contribution is 0.0985. The van der Waals surface area contributed by atoms with Gasteiger partial charge in [-0.15, -0.1) is 11.8 Å². The van der Waals surface area contributed by atoms with Gasteiger partial charge in [0.05, 0.1) is 15.1 Å². The molecule has 1 fully saturated rings. The zero-order valence-corrected chi connectivity index (χ0v) is 22.2. The summed E-state index contributed by atoms with van der Waals surface area (Å²) in [6, 6.07) is 12.4. The predicted molar refractivity (Wildman–Crippen MR) is 141 cm³/mol. The van der Waals surface area contributed by atoms with Crippen LogP contribution in [0.2, 0.25) is 0 Å². The second-order valence-corrected chi connectivity index (χ2v) is 12.3. The van der Waals surface area contributed by atoms with Crippen molar-refractivity contribution in [1.29, 1.82) is 0 Å². The van der Waals surface area contributed by atoms with E-state index in [1.165, 1.54) is 11.3 Å². The van der Waals surface area contributed by atoms with Gasteiger partial charge in [-0.25, -0.2) is 13.4 Å². The zero-order chi connectivity index (χ0) is 24.3. The Balaban J connectivity index is 1.63. The second-order valence-electron chi connectivity index (χ2n) is 8.55. The van der Waals surface area contributed by atoms with E-state index in [9.17, 15) is 13.2 Å². The molecule has 1 amide bonds. The van der Waals surface area contributed by atoms with Gasteiger partial charge in [-0.3, -0.25) is 9.69 Å². The van der Waals surface area contributed by atoms with E-state index in [1.807, 2.05) is 43.5 Å². The first-order chi connectivity index (χ1) is 16.3. The molecule has 1 saturated heterocycles. The van der Waals surface area contributed by atoms with Crippen LogP contribution in [0, 0.1) is 0 Å². The van der Waals surface area contributed by atoms with Crippen molar-refractivity contribution >= 4 is 54.4 Å². The number of para-hydroxylation sites is 1. The molecule has 10 heteroatoms. The summed E-state index contributed by atoms with van der Waals surface area (Å²) in [6.45, 7) is 2.26. The number of rotatable bonds is 8. The number of likely N-dealkylation sites (N-methyl/N-ethyl adjacent to an activating group) is 1. The highest BCUT2D eigenvalue weighted by molar-refractivity contribution is 7.98. The lowest BCUT2D eigenvalue weighted by Gasteiger charge is -2.26. The highest BCUT2D eigenvalue weighted by Crippen LogP contribution is 2.34. The minimum Gasteiger partial charge on any atom is -0.308 e. The number of aromatic nitrogens is 1. The Hall–Kier alpha value is -1.98. The van der Waals surface area contributed by atoms with E-state index >= 15 is 0 Å². The summed E-state index contributed by atoms with van der Waals surface area (Å²) < 4.78 is 28.5. The molecular formula is C24H30N4O3S3. The van der Waals surface area contributed by atoms with Crippen LogP contribution in [0.5, 0.6) is 0 Å². The number of sulfonamides is 1.